The summed E-state index contributed by atoms with van der Waals surface area (Å²) >= 11 is 0. The molecule has 7 N–H and O–H groups in total. The Balaban J connectivity index is 1.42. The van der Waals surface area contributed by atoms with Crippen molar-refractivity contribution in [2.45, 2.75) is 84.3 Å². The van der Waals surface area contributed by atoms with Gasteiger partial charge in [-0.05, 0) is 66.1 Å². The van der Waals surface area contributed by atoms with Crippen LogP contribution in [0.15, 0.2) is 66.9 Å². The van der Waals surface area contributed by atoms with Gasteiger partial charge in [0, 0.05) is 6.20 Å². The molecule has 290 valence electrons. The van der Waals surface area contributed by atoms with E-state index in [1.54, 1.807) is 26.0 Å². The van der Waals surface area contributed by atoms with Crippen LogP contribution in [0.25, 0.3) is 11.1 Å². The lowest BCUT2D eigenvalue weighted by Crippen LogP contribution is -2.56. The highest BCUT2D eigenvalue weighted by Crippen LogP contribution is 2.36. The van der Waals surface area contributed by atoms with Gasteiger partial charge in [-0.2, -0.15) is 0 Å². The quantitative estimate of drug-likeness (QED) is 0.105. The van der Waals surface area contributed by atoms with Gasteiger partial charge in [-0.3, -0.25) is 29.0 Å². The fraction of sp³-hybridized carbons (Fsp3) is 0.436. The number of hydrogen-bond donors (Lipinski definition) is 6. The lowest BCUT2D eigenvalue weighted by molar-refractivity contribution is -0.132. The summed E-state index contributed by atoms with van der Waals surface area (Å²) in [5.74, 6) is -2.08. The molecule has 0 bridgehead atoms. The highest BCUT2D eigenvalue weighted by atomic mass is 16.7. The van der Waals surface area contributed by atoms with Gasteiger partial charge in [-0.25, -0.2) is 0 Å². The molecule has 3 aromatic rings. The molecule has 5 atom stereocenters. The maximum Gasteiger partial charge on any atom is 0.270 e. The number of benzene rings is 2. The van der Waals surface area contributed by atoms with Crippen LogP contribution in [0.3, 0.4) is 0 Å². The molecule has 54 heavy (non-hydrogen) atoms. The van der Waals surface area contributed by atoms with E-state index in [0.717, 1.165) is 16.7 Å². The second-order valence-electron chi connectivity index (χ2n) is 14.0. The van der Waals surface area contributed by atoms with Crippen LogP contribution in [0, 0.1) is 11.8 Å². The van der Waals surface area contributed by atoms with E-state index in [0.29, 0.717) is 17.9 Å². The maximum absolute atomic E-state index is 13.6. The second-order valence-corrected chi connectivity index (χ2v) is 14.0. The largest absolute Gasteiger partial charge is 0.454 e. The zero-order valence-corrected chi connectivity index (χ0v) is 31.2. The highest BCUT2D eigenvalue weighted by molar-refractivity contribution is 5.96. The topological polar surface area (TPSA) is 220 Å². The number of aliphatic hydroxyl groups excluding tert-OH is 1. The summed E-state index contributed by atoms with van der Waals surface area (Å²) < 4.78 is 16.8. The van der Waals surface area contributed by atoms with E-state index >= 15 is 0 Å². The number of nitrogens with zero attached hydrogens (tertiary/aromatic N) is 1. The predicted octanol–water partition coefficient (Wildman–Crippen LogP) is 2.21. The fourth-order valence-electron chi connectivity index (χ4n) is 5.65. The SMILES string of the molecule is CC(C)C[C@H](NC(=O)[C@H](C)NC(=O)C[C@H](O)[C@H](COCc1ccc(-c2ccc3c(c2)OCO3)cc1)NC(=O)[C@@H](NC(=O)c1ccccn1)C(C)C)C(N)=O. The fourth-order valence-corrected chi connectivity index (χ4v) is 5.65. The third-order valence-electron chi connectivity index (χ3n) is 8.68. The Kier molecular flexibility index (Phi) is 14.9. The first-order chi connectivity index (χ1) is 25.7. The zero-order chi connectivity index (χ0) is 39.4. The Morgan fingerprint density at radius 3 is 2.20 bits per heavy atom. The van der Waals surface area contributed by atoms with Crippen LogP contribution in [-0.2, 0) is 30.5 Å². The van der Waals surface area contributed by atoms with E-state index in [9.17, 15) is 29.1 Å². The first-order valence-electron chi connectivity index (χ1n) is 17.9. The number of ether oxygens (including phenoxy) is 3. The van der Waals surface area contributed by atoms with Gasteiger partial charge in [0.1, 0.15) is 23.8 Å². The number of carbonyl (C=O) groups is 5. The van der Waals surface area contributed by atoms with E-state index < -0.39 is 66.2 Å². The number of amides is 5. The number of carbonyl (C=O) groups excluding carboxylic acids is 5. The molecule has 0 fully saturated rings. The predicted molar refractivity (Wildman–Crippen MR) is 199 cm³/mol. The number of nitrogens with one attached hydrogen (secondary N) is 4. The van der Waals surface area contributed by atoms with Crippen LogP contribution in [0.4, 0.5) is 0 Å². The van der Waals surface area contributed by atoms with Crippen molar-refractivity contribution in [3.05, 3.63) is 78.1 Å². The first kappa shape index (κ1) is 41.2. The lowest BCUT2D eigenvalue weighted by Gasteiger charge is -2.28. The molecule has 1 aromatic heterocycles. The van der Waals surface area contributed by atoms with Crippen molar-refractivity contribution >= 4 is 29.5 Å². The lowest BCUT2D eigenvalue weighted by atomic mass is 10.0. The Morgan fingerprint density at radius 1 is 0.852 bits per heavy atom. The molecule has 5 amide bonds. The van der Waals surface area contributed by atoms with Gasteiger partial charge in [0.05, 0.1) is 31.8 Å². The molecule has 1 aliphatic heterocycles. The minimum Gasteiger partial charge on any atom is -0.454 e. The van der Waals surface area contributed by atoms with Gasteiger partial charge < -0.3 is 46.3 Å². The van der Waals surface area contributed by atoms with Crippen molar-refractivity contribution in [1.82, 2.24) is 26.3 Å². The highest BCUT2D eigenvalue weighted by Gasteiger charge is 2.31. The van der Waals surface area contributed by atoms with Crippen molar-refractivity contribution in [3.63, 3.8) is 0 Å². The molecule has 15 nitrogen and oxygen atoms in total. The summed E-state index contributed by atoms with van der Waals surface area (Å²) in [5, 5.41) is 21.8. The molecule has 0 spiro atoms. The van der Waals surface area contributed by atoms with Crippen molar-refractivity contribution in [2.24, 2.45) is 17.6 Å². The van der Waals surface area contributed by atoms with E-state index in [1.807, 2.05) is 56.3 Å². The van der Waals surface area contributed by atoms with Crippen molar-refractivity contribution in [3.8, 4) is 22.6 Å². The standard InChI is InChI=1S/C39H50N6O9/c1-22(2)16-29(36(40)48)43-37(49)24(5)42-34(47)18-31(46)30(44-39(51)35(23(3)4)45-38(50)28-8-6-7-15-41-28)20-52-19-25-9-11-26(12-10-25)27-13-14-32-33(17-27)54-21-53-32/h6-15,17,22-24,29-31,35,46H,16,18-21H2,1-5H3,(H2,40,48)(H,42,47)(H,43,49)(H,44,51)(H,45,50)/t24-,29-,30-,31-,35-/m0/s1. The summed E-state index contributed by atoms with van der Waals surface area (Å²) in [5.41, 5.74) is 8.27. The maximum atomic E-state index is 13.6. The van der Waals surface area contributed by atoms with E-state index in [4.69, 9.17) is 19.9 Å². The number of fused-ring (bicyclic) bond motifs is 1. The van der Waals surface area contributed by atoms with Crippen LogP contribution in [0.1, 0.15) is 63.5 Å². The Bertz CT molecular complexity index is 1750. The molecule has 2 aromatic carbocycles. The summed E-state index contributed by atoms with van der Waals surface area (Å²) in [6, 6.07) is 14.1. The normalized spacial score (nSPS) is 14.7. The average molecular weight is 747 g/mol. The van der Waals surface area contributed by atoms with E-state index in [-0.39, 0.29) is 37.5 Å². The molecule has 0 aliphatic carbocycles. The monoisotopic (exact) mass is 746 g/mol. The number of hydrogen-bond acceptors (Lipinski definition) is 10. The van der Waals surface area contributed by atoms with Gasteiger partial charge in [0.2, 0.25) is 30.4 Å². The smallest absolute Gasteiger partial charge is 0.270 e. The second kappa shape index (κ2) is 19.5. The molecule has 1 aliphatic rings. The molecular weight excluding hydrogens is 696 g/mol. The summed E-state index contributed by atoms with van der Waals surface area (Å²) in [6.07, 6.45) is -0.179. The van der Waals surface area contributed by atoms with Gasteiger partial charge >= 0.3 is 0 Å². The Labute approximate surface area is 314 Å². The first-order valence-corrected chi connectivity index (χ1v) is 17.9. The molecular formula is C39H50N6O9. The van der Waals surface area contributed by atoms with Gasteiger partial charge in [0.25, 0.3) is 5.91 Å². The number of pyridine rings is 1. The Morgan fingerprint density at radius 2 is 1.56 bits per heavy atom. The summed E-state index contributed by atoms with van der Waals surface area (Å²) in [6.45, 7) is 8.80. The van der Waals surface area contributed by atoms with Gasteiger partial charge in [0.15, 0.2) is 11.5 Å². The van der Waals surface area contributed by atoms with Crippen LogP contribution in [0.2, 0.25) is 0 Å². The third kappa shape index (κ3) is 12.0. The minimum absolute atomic E-state index is 0.0800. The molecule has 0 radical (unpaired) electrons. The molecule has 0 saturated carbocycles. The molecule has 2 heterocycles. The summed E-state index contributed by atoms with van der Waals surface area (Å²) in [7, 11) is 0. The zero-order valence-electron chi connectivity index (χ0n) is 31.2. The number of aliphatic hydroxyl groups is 1. The van der Waals surface area contributed by atoms with Crippen molar-refractivity contribution in [1.29, 1.82) is 0 Å². The minimum atomic E-state index is -1.46. The number of primary amides is 1. The van der Waals surface area contributed by atoms with Gasteiger partial charge in [-0.1, -0.05) is 64.1 Å². The average Bonchev–Trinajstić information content (AvgIpc) is 3.61. The molecule has 15 heteroatoms. The van der Waals surface area contributed by atoms with Crippen molar-refractivity contribution < 1.29 is 43.3 Å². The molecule has 4 rings (SSSR count). The third-order valence-corrected chi connectivity index (χ3v) is 8.68. The van der Waals surface area contributed by atoms with E-state index in [1.165, 1.54) is 19.2 Å². The number of nitrogens with two attached hydrogens (primary N) is 1. The van der Waals surface area contributed by atoms with Crippen LogP contribution in [0.5, 0.6) is 11.5 Å². The van der Waals surface area contributed by atoms with Crippen LogP contribution >= 0.6 is 0 Å². The molecule has 0 saturated heterocycles. The van der Waals surface area contributed by atoms with Gasteiger partial charge in [-0.15, -0.1) is 0 Å². The number of aromatic nitrogens is 1. The summed E-state index contributed by atoms with van der Waals surface area (Å²) in [4.78, 5) is 68.2. The van der Waals surface area contributed by atoms with Crippen LogP contribution < -0.4 is 36.5 Å². The van der Waals surface area contributed by atoms with E-state index in [2.05, 4.69) is 26.3 Å². The number of rotatable bonds is 19. The van der Waals surface area contributed by atoms with Crippen molar-refractivity contribution in [2.75, 3.05) is 13.4 Å². The Hall–Kier alpha value is -5.54. The van der Waals surface area contributed by atoms with Crippen LogP contribution in [-0.4, -0.2) is 83.3 Å². The molecule has 0 unspecified atom stereocenters.